The molecule has 0 aliphatic heterocycles. The second-order valence-corrected chi connectivity index (χ2v) is 8.75. The number of carbonyl (C=O) groups is 1. The van der Waals surface area contributed by atoms with Gasteiger partial charge in [0.25, 0.3) is 0 Å². The predicted molar refractivity (Wildman–Crippen MR) is 132 cm³/mol. The lowest BCUT2D eigenvalue weighted by Crippen LogP contribution is -2.26. The Morgan fingerprint density at radius 3 is 2.34 bits per heavy atom. The largest absolute Gasteiger partial charge is 0.356 e. The molecule has 4 rings (SSSR count). The number of imidazole rings is 1. The van der Waals surface area contributed by atoms with Gasteiger partial charge in [0, 0.05) is 33.6 Å². The molecule has 0 aliphatic rings. The fourth-order valence-corrected chi connectivity index (χ4v) is 4.41. The van der Waals surface area contributed by atoms with Gasteiger partial charge in [0.2, 0.25) is 5.91 Å². The van der Waals surface area contributed by atoms with Gasteiger partial charge in [-0.05, 0) is 42.3 Å². The van der Waals surface area contributed by atoms with Crippen LogP contribution in [0.25, 0.3) is 11.0 Å². The van der Waals surface area contributed by atoms with Gasteiger partial charge in [-0.2, -0.15) is 0 Å². The van der Waals surface area contributed by atoms with Crippen molar-refractivity contribution in [1.29, 1.82) is 0 Å². The molecule has 32 heavy (non-hydrogen) atoms. The minimum atomic E-state index is -0.0468. The van der Waals surface area contributed by atoms with Crippen LogP contribution in [0.4, 0.5) is 0 Å². The van der Waals surface area contributed by atoms with Crippen molar-refractivity contribution in [1.82, 2.24) is 14.9 Å². The Balaban J connectivity index is 1.43. The molecule has 0 saturated carbocycles. The van der Waals surface area contributed by atoms with Crippen LogP contribution in [-0.2, 0) is 24.2 Å². The molecule has 4 aromatic rings. The molecule has 1 amide bonds. The summed E-state index contributed by atoms with van der Waals surface area (Å²) in [5.74, 6) is 0.886. The number of amides is 1. The number of halogens is 3. The number of hydrogen-bond donors (Lipinski definition) is 1. The summed E-state index contributed by atoms with van der Waals surface area (Å²) < 4.78 is 2.15. The third-order valence-corrected chi connectivity index (χ3v) is 6.40. The van der Waals surface area contributed by atoms with Gasteiger partial charge in [-0.25, -0.2) is 4.98 Å². The van der Waals surface area contributed by atoms with E-state index in [9.17, 15) is 4.79 Å². The molecule has 0 radical (unpaired) electrons. The van der Waals surface area contributed by atoms with E-state index in [1.807, 2.05) is 60.7 Å². The van der Waals surface area contributed by atoms with E-state index < -0.39 is 0 Å². The lowest BCUT2D eigenvalue weighted by atomic mass is 10.1. The van der Waals surface area contributed by atoms with E-state index in [-0.39, 0.29) is 12.3 Å². The van der Waals surface area contributed by atoms with Crippen molar-refractivity contribution < 1.29 is 4.79 Å². The van der Waals surface area contributed by atoms with Crippen LogP contribution >= 0.6 is 34.8 Å². The smallest absolute Gasteiger partial charge is 0.224 e. The lowest BCUT2D eigenvalue weighted by molar-refractivity contribution is -0.120. The second kappa shape index (κ2) is 10.4. The van der Waals surface area contributed by atoms with Gasteiger partial charge in [-0.1, -0.05) is 71.2 Å². The fraction of sp³-hybridized carbons (Fsp3) is 0.200. The molecular formula is C25H22Cl3N3O. The van der Waals surface area contributed by atoms with Crippen molar-refractivity contribution in [3.05, 3.63) is 98.7 Å². The monoisotopic (exact) mass is 485 g/mol. The van der Waals surface area contributed by atoms with E-state index in [1.54, 1.807) is 6.07 Å². The molecule has 1 N–H and O–H groups in total. The topological polar surface area (TPSA) is 46.9 Å². The molecule has 3 aromatic carbocycles. The normalized spacial score (nSPS) is 11.1. The lowest BCUT2D eigenvalue weighted by Gasteiger charge is -2.12. The van der Waals surface area contributed by atoms with E-state index in [0.717, 1.165) is 34.4 Å². The van der Waals surface area contributed by atoms with E-state index in [1.165, 1.54) is 0 Å². The Morgan fingerprint density at radius 1 is 0.875 bits per heavy atom. The summed E-state index contributed by atoms with van der Waals surface area (Å²) >= 11 is 19.0. The molecule has 7 heteroatoms. The zero-order valence-corrected chi connectivity index (χ0v) is 19.6. The van der Waals surface area contributed by atoms with Gasteiger partial charge in [0.05, 0.1) is 24.0 Å². The highest BCUT2D eigenvalue weighted by molar-refractivity contribution is 6.36. The SMILES string of the molecule is O=C(Cc1ccccc1Cl)NCCCc1nc2ccccc2n1Cc1c(Cl)cccc1Cl. The molecule has 0 aliphatic carbocycles. The minimum absolute atomic E-state index is 0.0468. The zero-order chi connectivity index (χ0) is 22.5. The number of carbonyl (C=O) groups excluding carboxylic acids is 1. The molecule has 0 spiro atoms. The number of benzene rings is 3. The first-order valence-electron chi connectivity index (χ1n) is 10.4. The summed E-state index contributed by atoms with van der Waals surface area (Å²) in [5.41, 5.74) is 3.65. The van der Waals surface area contributed by atoms with Gasteiger partial charge in [0.15, 0.2) is 0 Å². The number of aryl methyl sites for hydroxylation is 1. The predicted octanol–water partition coefficient (Wildman–Crippen LogP) is 6.34. The molecule has 0 bridgehead atoms. The van der Waals surface area contributed by atoms with Crippen molar-refractivity contribution in [3.8, 4) is 0 Å². The molecule has 0 fully saturated rings. The summed E-state index contributed by atoms with van der Waals surface area (Å²) in [6, 6.07) is 20.9. The van der Waals surface area contributed by atoms with Gasteiger partial charge >= 0.3 is 0 Å². The number of para-hydroxylation sites is 2. The molecule has 164 valence electrons. The van der Waals surface area contributed by atoms with E-state index >= 15 is 0 Å². The maximum absolute atomic E-state index is 12.3. The molecule has 1 heterocycles. The average molecular weight is 487 g/mol. The van der Waals surface area contributed by atoms with Crippen molar-refractivity contribution in [3.63, 3.8) is 0 Å². The summed E-state index contributed by atoms with van der Waals surface area (Å²) in [6.07, 6.45) is 1.74. The average Bonchev–Trinajstić information content (AvgIpc) is 3.13. The standard InChI is InChI=1S/C25H22Cl3N3O/c26-19-8-2-1-7-17(19)15-25(32)29-14-6-13-24-30-22-11-3-4-12-23(22)31(24)16-18-20(27)9-5-10-21(18)28/h1-5,7-12H,6,13-16H2,(H,29,32). The second-order valence-electron chi connectivity index (χ2n) is 7.52. The Bertz CT molecular complexity index is 1230. The fourth-order valence-electron chi connectivity index (χ4n) is 3.69. The van der Waals surface area contributed by atoms with Crippen molar-refractivity contribution in [2.24, 2.45) is 0 Å². The highest BCUT2D eigenvalue weighted by Gasteiger charge is 2.14. The summed E-state index contributed by atoms with van der Waals surface area (Å²) in [7, 11) is 0. The molecule has 4 nitrogen and oxygen atoms in total. The Labute approximate surface area is 202 Å². The van der Waals surface area contributed by atoms with Crippen LogP contribution in [0.15, 0.2) is 66.7 Å². The first-order valence-corrected chi connectivity index (χ1v) is 11.5. The van der Waals surface area contributed by atoms with Crippen LogP contribution < -0.4 is 5.32 Å². The summed E-state index contributed by atoms with van der Waals surface area (Å²) in [6.45, 7) is 1.09. The van der Waals surface area contributed by atoms with Gasteiger partial charge in [-0.3, -0.25) is 4.79 Å². The molecular weight excluding hydrogens is 465 g/mol. The van der Waals surface area contributed by atoms with Crippen LogP contribution in [0, 0.1) is 0 Å². The Morgan fingerprint density at radius 2 is 1.56 bits per heavy atom. The minimum Gasteiger partial charge on any atom is -0.356 e. The van der Waals surface area contributed by atoms with Crippen LogP contribution in [0.1, 0.15) is 23.4 Å². The molecule has 1 aromatic heterocycles. The first kappa shape index (κ1) is 22.7. The highest BCUT2D eigenvalue weighted by atomic mass is 35.5. The third kappa shape index (κ3) is 5.26. The number of aromatic nitrogens is 2. The maximum Gasteiger partial charge on any atom is 0.224 e. The van der Waals surface area contributed by atoms with Gasteiger partial charge < -0.3 is 9.88 Å². The first-order chi connectivity index (χ1) is 15.5. The highest BCUT2D eigenvalue weighted by Crippen LogP contribution is 2.27. The summed E-state index contributed by atoms with van der Waals surface area (Å²) in [4.78, 5) is 17.1. The number of hydrogen-bond acceptors (Lipinski definition) is 2. The van der Waals surface area contributed by atoms with Gasteiger partial charge in [-0.15, -0.1) is 0 Å². The number of rotatable bonds is 8. The number of nitrogens with zero attached hydrogens (tertiary/aromatic N) is 2. The summed E-state index contributed by atoms with van der Waals surface area (Å²) in [5, 5.41) is 4.84. The van der Waals surface area contributed by atoms with Crippen molar-refractivity contribution >= 4 is 51.7 Å². The van der Waals surface area contributed by atoms with Crippen LogP contribution in [0.2, 0.25) is 15.1 Å². The molecule has 0 atom stereocenters. The van der Waals surface area contributed by atoms with Crippen LogP contribution in [-0.4, -0.2) is 22.0 Å². The maximum atomic E-state index is 12.3. The number of nitrogens with one attached hydrogen (secondary N) is 1. The van der Waals surface area contributed by atoms with E-state index in [4.69, 9.17) is 39.8 Å². The van der Waals surface area contributed by atoms with Gasteiger partial charge in [0.1, 0.15) is 5.82 Å². The Hall–Kier alpha value is -2.53. The third-order valence-electron chi connectivity index (χ3n) is 5.32. The Kier molecular flexibility index (Phi) is 7.36. The number of fused-ring (bicyclic) bond motifs is 1. The van der Waals surface area contributed by atoms with Crippen molar-refractivity contribution in [2.45, 2.75) is 25.8 Å². The molecule has 0 saturated heterocycles. The van der Waals surface area contributed by atoms with E-state index in [2.05, 4.69) is 9.88 Å². The zero-order valence-electron chi connectivity index (χ0n) is 17.3. The van der Waals surface area contributed by atoms with Crippen molar-refractivity contribution in [2.75, 3.05) is 6.54 Å². The van der Waals surface area contributed by atoms with E-state index in [0.29, 0.717) is 34.6 Å². The van der Waals surface area contributed by atoms with Crippen LogP contribution in [0.3, 0.4) is 0 Å². The quantitative estimate of drug-likeness (QED) is 0.296. The molecule has 0 unspecified atom stereocenters. The van der Waals surface area contributed by atoms with Crippen LogP contribution in [0.5, 0.6) is 0 Å².